The van der Waals surface area contributed by atoms with Crippen molar-refractivity contribution in [3.63, 3.8) is 0 Å². The van der Waals surface area contributed by atoms with Crippen molar-refractivity contribution in [2.75, 3.05) is 13.1 Å². The number of hydrogen-bond donors (Lipinski definition) is 2. The van der Waals surface area contributed by atoms with Gasteiger partial charge in [0.1, 0.15) is 5.82 Å². The van der Waals surface area contributed by atoms with Crippen LogP contribution in [0.4, 0.5) is 0 Å². The van der Waals surface area contributed by atoms with Crippen LogP contribution in [0.5, 0.6) is 0 Å². The first-order valence-electron chi connectivity index (χ1n) is 6.15. The van der Waals surface area contributed by atoms with E-state index in [1.807, 2.05) is 22.7 Å². The van der Waals surface area contributed by atoms with Gasteiger partial charge in [0.25, 0.3) is 0 Å². The molecule has 18 heavy (non-hydrogen) atoms. The number of hydrogen-bond acceptors (Lipinski definition) is 3. The van der Waals surface area contributed by atoms with Crippen LogP contribution in [0.3, 0.4) is 0 Å². The topological polar surface area (TPSA) is 66.6 Å². The average Bonchev–Trinajstić information content (AvgIpc) is 2.98. The number of nitrogens with one attached hydrogen (secondary N) is 1. The number of imidazole rings is 1. The van der Waals surface area contributed by atoms with Crippen LogP contribution >= 0.6 is 0 Å². The molecule has 1 aliphatic rings. The third-order valence-electron chi connectivity index (χ3n) is 3.46. The van der Waals surface area contributed by atoms with Gasteiger partial charge in [-0.05, 0) is 37.6 Å². The van der Waals surface area contributed by atoms with Gasteiger partial charge in [0.05, 0.1) is 5.52 Å². The summed E-state index contributed by atoms with van der Waals surface area (Å²) in [5.74, 6) is 0.434. The van der Waals surface area contributed by atoms with E-state index in [2.05, 4.69) is 10.3 Å². The normalized spacial score (nSPS) is 19.4. The minimum Gasteiger partial charge on any atom is -0.476 e. The van der Waals surface area contributed by atoms with Crippen LogP contribution < -0.4 is 5.32 Å². The largest absolute Gasteiger partial charge is 0.476 e. The second-order valence-electron chi connectivity index (χ2n) is 4.70. The highest BCUT2D eigenvalue weighted by Gasteiger charge is 2.21. The number of rotatable bonds is 3. The Labute approximate surface area is 104 Å². The van der Waals surface area contributed by atoms with Gasteiger partial charge in [-0.15, -0.1) is 0 Å². The number of fused-ring (bicyclic) bond motifs is 1. The zero-order valence-electron chi connectivity index (χ0n) is 9.97. The summed E-state index contributed by atoms with van der Waals surface area (Å²) < 4.78 is 1.89. The van der Waals surface area contributed by atoms with E-state index in [0.717, 1.165) is 31.8 Å². The van der Waals surface area contributed by atoms with Gasteiger partial charge in [0, 0.05) is 12.6 Å². The first-order chi connectivity index (χ1) is 8.75. The third-order valence-corrected chi connectivity index (χ3v) is 3.46. The maximum Gasteiger partial charge on any atom is 0.356 e. The second kappa shape index (κ2) is 4.42. The smallest absolute Gasteiger partial charge is 0.356 e. The van der Waals surface area contributed by atoms with E-state index in [9.17, 15) is 4.79 Å². The van der Waals surface area contributed by atoms with Crippen molar-refractivity contribution >= 4 is 11.5 Å². The molecule has 2 aromatic heterocycles. The van der Waals surface area contributed by atoms with Crippen LogP contribution in [0.25, 0.3) is 5.52 Å². The van der Waals surface area contributed by atoms with E-state index < -0.39 is 5.97 Å². The summed E-state index contributed by atoms with van der Waals surface area (Å²) >= 11 is 0. The van der Waals surface area contributed by atoms with Gasteiger partial charge in [-0.3, -0.25) is 0 Å². The molecule has 2 aromatic rings. The van der Waals surface area contributed by atoms with E-state index in [1.54, 1.807) is 6.07 Å². The molecule has 1 aliphatic heterocycles. The Morgan fingerprint density at radius 2 is 2.44 bits per heavy atom. The molecule has 0 bridgehead atoms. The van der Waals surface area contributed by atoms with Crippen LogP contribution in [0.15, 0.2) is 24.4 Å². The Morgan fingerprint density at radius 1 is 1.56 bits per heavy atom. The maximum absolute atomic E-state index is 11.2. The number of pyridine rings is 1. The summed E-state index contributed by atoms with van der Waals surface area (Å²) in [6.07, 6.45) is 3.84. The van der Waals surface area contributed by atoms with E-state index in [1.165, 1.54) is 0 Å². The molecule has 0 saturated carbocycles. The first-order valence-corrected chi connectivity index (χ1v) is 6.15. The number of carboxylic acids is 1. The van der Waals surface area contributed by atoms with Crippen LogP contribution in [0, 0.1) is 5.92 Å². The highest BCUT2D eigenvalue weighted by atomic mass is 16.4. The van der Waals surface area contributed by atoms with Gasteiger partial charge >= 0.3 is 5.97 Å². The predicted octanol–water partition coefficient (Wildman–Crippen LogP) is 1.18. The first kappa shape index (κ1) is 11.2. The molecular formula is C13H15N3O2. The monoisotopic (exact) mass is 245 g/mol. The fourth-order valence-electron chi connectivity index (χ4n) is 2.55. The molecule has 5 heteroatoms. The molecule has 0 spiro atoms. The van der Waals surface area contributed by atoms with Crippen molar-refractivity contribution in [2.45, 2.75) is 12.8 Å². The molecule has 0 radical (unpaired) electrons. The zero-order valence-corrected chi connectivity index (χ0v) is 9.97. The lowest BCUT2D eigenvalue weighted by Crippen LogP contribution is -2.12. The number of carboxylic acid groups (broad SMARTS) is 1. The summed E-state index contributed by atoms with van der Waals surface area (Å²) in [5, 5.41) is 12.5. The van der Waals surface area contributed by atoms with Crippen molar-refractivity contribution in [3.8, 4) is 0 Å². The molecule has 1 atom stereocenters. The molecular weight excluding hydrogens is 230 g/mol. The Morgan fingerprint density at radius 3 is 3.17 bits per heavy atom. The van der Waals surface area contributed by atoms with Crippen molar-refractivity contribution in [3.05, 3.63) is 35.9 Å². The number of carbonyl (C=O) groups is 1. The van der Waals surface area contributed by atoms with Gasteiger partial charge in [-0.2, -0.15) is 0 Å². The second-order valence-corrected chi connectivity index (χ2v) is 4.70. The maximum atomic E-state index is 11.2. The lowest BCUT2D eigenvalue weighted by atomic mass is 10.1. The molecule has 1 unspecified atom stereocenters. The summed E-state index contributed by atoms with van der Waals surface area (Å²) in [4.78, 5) is 15.5. The van der Waals surface area contributed by atoms with Gasteiger partial charge < -0.3 is 14.8 Å². The van der Waals surface area contributed by atoms with Crippen molar-refractivity contribution in [1.29, 1.82) is 0 Å². The Kier molecular flexibility index (Phi) is 2.76. The van der Waals surface area contributed by atoms with E-state index in [4.69, 9.17) is 5.11 Å². The predicted molar refractivity (Wildman–Crippen MR) is 66.8 cm³/mol. The summed E-state index contributed by atoms with van der Waals surface area (Å²) in [7, 11) is 0. The fraction of sp³-hybridized carbons (Fsp3) is 0.385. The molecule has 1 fully saturated rings. The van der Waals surface area contributed by atoms with Crippen LogP contribution in [0.2, 0.25) is 0 Å². The van der Waals surface area contributed by atoms with Crippen LogP contribution in [-0.4, -0.2) is 33.6 Å². The number of aromatic nitrogens is 2. The summed E-state index contributed by atoms with van der Waals surface area (Å²) in [6, 6.07) is 5.54. The Hall–Kier alpha value is -1.88. The lowest BCUT2D eigenvalue weighted by Gasteiger charge is -2.06. The quantitative estimate of drug-likeness (QED) is 0.852. The highest BCUT2D eigenvalue weighted by molar-refractivity contribution is 5.93. The Balaban J connectivity index is 2.02. The van der Waals surface area contributed by atoms with Gasteiger partial charge in [0.2, 0.25) is 0 Å². The molecule has 5 nitrogen and oxygen atoms in total. The minimum atomic E-state index is -0.963. The fourth-order valence-corrected chi connectivity index (χ4v) is 2.55. The average molecular weight is 245 g/mol. The van der Waals surface area contributed by atoms with Crippen molar-refractivity contribution in [1.82, 2.24) is 14.7 Å². The zero-order chi connectivity index (χ0) is 12.5. The van der Waals surface area contributed by atoms with E-state index in [-0.39, 0.29) is 5.69 Å². The van der Waals surface area contributed by atoms with E-state index in [0.29, 0.717) is 11.4 Å². The van der Waals surface area contributed by atoms with Crippen molar-refractivity contribution in [2.24, 2.45) is 5.92 Å². The molecule has 1 saturated heterocycles. The summed E-state index contributed by atoms with van der Waals surface area (Å²) in [6.45, 7) is 2.03. The number of aromatic carboxylic acids is 1. The molecule has 0 aliphatic carbocycles. The SMILES string of the molecule is O=C(O)c1nc(CC2CCNC2)n2ccccc12. The molecule has 3 heterocycles. The van der Waals surface area contributed by atoms with Crippen LogP contribution in [-0.2, 0) is 6.42 Å². The van der Waals surface area contributed by atoms with Crippen molar-refractivity contribution < 1.29 is 9.90 Å². The van der Waals surface area contributed by atoms with Crippen LogP contribution in [0.1, 0.15) is 22.7 Å². The molecule has 94 valence electrons. The Bertz CT molecular complexity index is 585. The number of nitrogens with zero attached hydrogens (tertiary/aromatic N) is 2. The molecule has 3 rings (SSSR count). The molecule has 0 aromatic carbocycles. The van der Waals surface area contributed by atoms with Gasteiger partial charge in [-0.1, -0.05) is 6.07 Å². The standard InChI is InChI=1S/C13H15N3O2/c17-13(18)12-10-3-1-2-6-16(10)11(15-12)7-9-4-5-14-8-9/h1-3,6,9,14H,4-5,7-8H2,(H,17,18). The lowest BCUT2D eigenvalue weighted by molar-refractivity contribution is 0.0693. The molecule has 0 amide bonds. The minimum absolute atomic E-state index is 0.150. The van der Waals surface area contributed by atoms with E-state index >= 15 is 0 Å². The third kappa shape index (κ3) is 1.86. The molecule has 2 N–H and O–H groups in total. The van der Waals surface area contributed by atoms with Gasteiger partial charge in [-0.25, -0.2) is 9.78 Å². The van der Waals surface area contributed by atoms with Gasteiger partial charge in [0.15, 0.2) is 5.69 Å². The highest BCUT2D eigenvalue weighted by Crippen LogP contribution is 2.18. The summed E-state index contributed by atoms with van der Waals surface area (Å²) in [5.41, 5.74) is 0.822.